The molecule has 0 radical (unpaired) electrons. The van der Waals surface area contributed by atoms with E-state index in [1.807, 2.05) is 0 Å². The third-order valence-corrected chi connectivity index (χ3v) is 3.95. The van der Waals surface area contributed by atoms with Crippen LogP contribution in [0.3, 0.4) is 0 Å². The van der Waals surface area contributed by atoms with E-state index in [1.165, 1.54) is 23.7 Å². The normalized spacial score (nSPS) is 10.3. The van der Waals surface area contributed by atoms with Gasteiger partial charge in [-0.3, -0.25) is 0 Å². The highest BCUT2D eigenvalue weighted by molar-refractivity contribution is 7.10. The third-order valence-electron chi connectivity index (χ3n) is 2.99. The number of pyridine rings is 1. The molecule has 2 rings (SSSR count). The van der Waals surface area contributed by atoms with Crippen molar-refractivity contribution in [2.75, 3.05) is 18.2 Å². The molecule has 0 aliphatic carbocycles. The Bertz CT molecular complexity index is 610. The number of hydrogen-bond acceptors (Lipinski definition) is 6. The number of carbonyl (C=O) groups is 1. The van der Waals surface area contributed by atoms with Crippen molar-refractivity contribution in [2.24, 2.45) is 0 Å². The van der Waals surface area contributed by atoms with E-state index in [0.717, 1.165) is 6.42 Å². The Morgan fingerprint density at radius 3 is 3.05 bits per heavy atom. The van der Waals surface area contributed by atoms with E-state index in [4.69, 9.17) is 5.73 Å². The molecule has 2 aromatic rings. The van der Waals surface area contributed by atoms with Crippen molar-refractivity contribution >= 4 is 28.8 Å². The van der Waals surface area contributed by atoms with Gasteiger partial charge in [0.1, 0.15) is 5.82 Å². The Labute approximate surface area is 121 Å². The number of nitrogens with zero attached hydrogens (tertiary/aromatic N) is 1. The minimum absolute atomic E-state index is 0.313. The molecule has 0 amide bonds. The van der Waals surface area contributed by atoms with Crippen molar-refractivity contribution in [2.45, 2.75) is 19.9 Å². The maximum atomic E-state index is 11.6. The summed E-state index contributed by atoms with van der Waals surface area (Å²) in [6, 6.07) is 3.73. The summed E-state index contributed by atoms with van der Waals surface area (Å²) in [5, 5.41) is 5.28. The molecule has 20 heavy (non-hydrogen) atoms. The van der Waals surface area contributed by atoms with E-state index < -0.39 is 5.97 Å². The average Bonchev–Trinajstić information content (AvgIpc) is 2.93. The first kappa shape index (κ1) is 14.3. The highest BCUT2D eigenvalue weighted by atomic mass is 32.1. The number of aryl methyl sites for hydroxylation is 1. The van der Waals surface area contributed by atoms with E-state index in [1.54, 1.807) is 17.4 Å². The quantitative estimate of drug-likeness (QED) is 0.828. The molecule has 0 fully saturated rings. The molecule has 6 heteroatoms. The summed E-state index contributed by atoms with van der Waals surface area (Å²) >= 11 is 1.70. The highest BCUT2D eigenvalue weighted by Crippen LogP contribution is 2.20. The molecule has 0 saturated heterocycles. The smallest absolute Gasteiger partial charge is 0.340 e. The molecule has 0 saturated carbocycles. The molecular weight excluding hydrogens is 274 g/mol. The molecule has 0 spiro atoms. The second-order valence-electron chi connectivity index (χ2n) is 4.22. The van der Waals surface area contributed by atoms with Crippen molar-refractivity contribution in [3.63, 3.8) is 0 Å². The number of carbonyl (C=O) groups excluding carboxylic acids is 1. The van der Waals surface area contributed by atoms with Gasteiger partial charge in [-0.15, -0.1) is 11.3 Å². The van der Waals surface area contributed by atoms with Crippen molar-refractivity contribution in [3.05, 3.63) is 39.7 Å². The lowest BCUT2D eigenvalue weighted by Gasteiger charge is -2.09. The fourth-order valence-corrected chi connectivity index (χ4v) is 2.77. The highest BCUT2D eigenvalue weighted by Gasteiger charge is 2.12. The standard InChI is InChI=1S/C14H17N3O2S/c1-3-9-4-5-20-12(9)8-17-13-6-10(14(18)19-2)11(15)7-16-13/h4-7H,3,8,15H2,1-2H3,(H,16,17). The number of nitrogen functional groups attached to an aromatic ring is 1. The van der Waals surface area contributed by atoms with Gasteiger partial charge in [0.25, 0.3) is 0 Å². The Balaban J connectivity index is 2.12. The number of thiophene rings is 1. The topological polar surface area (TPSA) is 77.2 Å². The minimum Gasteiger partial charge on any atom is -0.465 e. The van der Waals surface area contributed by atoms with Gasteiger partial charge in [0.05, 0.1) is 31.1 Å². The van der Waals surface area contributed by atoms with Crippen LogP contribution in [-0.2, 0) is 17.7 Å². The Morgan fingerprint density at radius 2 is 2.35 bits per heavy atom. The number of nitrogens with two attached hydrogens (primary N) is 1. The Morgan fingerprint density at radius 1 is 1.55 bits per heavy atom. The molecule has 0 atom stereocenters. The monoisotopic (exact) mass is 291 g/mol. The van der Waals surface area contributed by atoms with Crippen molar-refractivity contribution in [3.8, 4) is 0 Å². The van der Waals surface area contributed by atoms with Crippen molar-refractivity contribution < 1.29 is 9.53 Å². The van der Waals surface area contributed by atoms with Crippen LogP contribution in [0.5, 0.6) is 0 Å². The number of esters is 1. The SMILES string of the molecule is CCc1ccsc1CNc1cc(C(=O)OC)c(N)cn1. The first-order valence-electron chi connectivity index (χ1n) is 6.28. The number of nitrogens with one attached hydrogen (secondary N) is 1. The van der Waals surface area contributed by atoms with Crippen LogP contribution in [-0.4, -0.2) is 18.1 Å². The maximum absolute atomic E-state index is 11.6. The zero-order valence-corrected chi connectivity index (χ0v) is 12.3. The van der Waals surface area contributed by atoms with Crippen molar-refractivity contribution in [1.82, 2.24) is 4.98 Å². The molecule has 0 aliphatic rings. The van der Waals surface area contributed by atoms with Crippen LogP contribution >= 0.6 is 11.3 Å². The van der Waals surface area contributed by atoms with Crippen LogP contribution in [0.15, 0.2) is 23.7 Å². The van der Waals surface area contributed by atoms with Crippen LogP contribution in [0.4, 0.5) is 11.5 Å². The predicted molar refractivity (Wildman–Crippen MR) is 81.0 cm³/mol. The van der Waals surface area contributed by atoms with Gasteiger partial charge in [-0.25, -0.2) is 9.78 Å². The molecule has 0 bridgehead atoms. The largest absolute Gasteiger partial charge is 0.465 e. The summed E-state index contributed by atoms with van der Waals surface area (Å²) in [4.78, 5) is 17.0. The molecular formula is C14H17N3O2S. The summed E-state index contributed by atoms with van der Waals surface area (Å²) in [5.41, 5.74) is 7.68. The van der Waals surface area contributed by atoms with Gasteiger partial charge in [0.2, 0.25) is 0 Å². The van der Waals surface area contributed by atoms with Crippen LogP contribution in [0.2, 0.25) is 0 Å². The molecule has 0 aromatic carbocycles. The third kappa shape index (κ3) is 3.08. The van der Waals surface area contributed by atoms with E-state index in [2.05, 4.69) is 33.4 Å². The summed E-state index contributed by atoms with van der Waals surface area (Å²) < 4.78 is 4.69. The number of rotatable bonds is 5. The second kappa shape index (κ2) is 6.38. The van der Waals surface area contributed by atoms with Gasteiger partial charge in [-0.05, 0) is 29.5 Å². The van der Waals surface area contributed by atoms with Gasteiger partial charge in [0.15, 0.2) is 0 Å². The number of methoxy groups -OCH3 is 1. The lowest BCUT2D eigenvalue weighted by molar-refractivity contribution is 0.0602. The van der Waals surface area contributed by atoms with E-state index in [0.29, 0.717) is 23.6 Å². The first-order valence-corrected chi connectivity index (χ1v) is 7.16. The molecule has 2 aromatic heterocycles. The zero-order chi connectivity index (χ0) is 14.5. The second-order valence-corrected chi connectivity index (χ2v) is 5.23. The van der Waals surface area contributed by atoms with E-state index >= 15 is 0 Å². The Hall–Kier alpha value is -2.08. The van der Waals surface area contributed by atoms with Gasteiger partial charge >= 0.3 is 5.97 Å². The van der Waals surface area contributed by atoms with Crippen LogP contribution < -0.4 is 11.1 Å². The summed E-state index contributed by atoms with van der Waals surface area (Å²) in [7, 11) is 1.33. The lowest BCUT2D eigenvalue weighted by atomic mass is 10.2. The fourth-order valence-electron chi connectivity index (χ4n) is 1.86. The van der Waals surface area contributed by atoms with Crippen LogP contribution in [0, 0.1) is 0 Å². The molecule has 0 unspecified atom stereocenters. The number of hydrogen-bond donors (Lipinski definition) is 2. The summed E-state index contributed by atoms with van der Waals surface area (Å²) in [6.45, 7) is 2.81. The number of anilines is 2. The summed E-state index contributed by atoms with van der Waals surface area (Å²) in [5.74, 6) is 0.147. The maximum Gasteiger partial charge on any atom is 0.340 e. The Kier molecular flexibility index (Phi) is 4.57. The lowest BCUT2D eigenvalue weighted by Crippen LogP contribution is -2.09. The first-order chi connectivity index (χ1) is 9.65. The summed E-state index contributed by atoms with van der Waals surface area (Å²) in [6.07, 6.45) is 2.47. The molecule has 2 heterocycles. The van der Waals surface area contributed by atoms with Crippen LogP contribution in [0.1, 0.15) is 27.7 Å². The molecule has 5 nitrogen and oxygen atoms in total. The van der Waals surface area contributed by atoms with Gasteiger partial charge in [-0.2, -0.15) is 0 Å². The van der Waals surface area contributed by atoms with E-state index in [-0.39, 0.29) is 0 Å². The van der Waals surface area contributed by atoms with Gasteiger partial charge in [0, 0.05) is 4.88 Å². The fraction of sp³-hybridized carbons (Fsp3) is 0.286. The average molecular weight is 291 g/mol. The molecule has 3 N–H and O–H groups in total. The molecule has 106 valence electrons. The van der Waals surface area contributed by atoms with Crippen LogP contribution in [0.25, 0.3) is 0 Å². The number of aromatic nitrogens is 1. The van der Waals surface area contributed by atoms with E-state index in [9.17, 15) is 4.79 Å². The van der Waals surface area contributed by atoms with Gasteiger partial charge in [-0.1, -0.05) is 6.92 Å². The minimum atomic E-state index is -0.460. The van der Waals surface area contributed by atoms with Gasteiger partial charge < -0.3 is 15.8 Å². The number of ether oxygens (including phenoxy) is 1. The predicted octanol–water partition coefficient (Wildman–Crippen LogP) is 2.69. The zero-order valence-electron chi connectivity index (χ0n) is 11.5. The molecule has 0 aliphatic heterocycles. The van der Waals surface area contributed by atoms with Crippen molar-refractivity contribution in [1.29, 1.82) is 0 Å².